The van der Waals surface area contributed by atoms with Gasteiger partial charge in [-0.15, -0.1) is 0 Å². The maximum Gasteiger partial charge on any atom is 0.119 e. The van der Waals surface area contributed by atoms with Crippen molar-refractivity contribution < 1.29 is 4.74 Å². The van der Waals surface area contributed by atoms with Crippen LogP contribution in [-0.4, -0.2) is 25.7 Å². The monoisotopic (exact) mass is 225 g/mol. The van der Waals surface area contributed by atoms with E-state index < -0.39 is 0 Å². The molecule has 84 valence electrons. The molecule has 1 aromatic rings. The van der Waals surface area contributed by atoms with Crippen LogP contribution in [0.5, 0.6) is 5.75 Å². The number of hydrogen-bond donors (Lipinski definition) is 1. The molecule has 0 radical (unpaired) electrons. The van der Waals surface area contributed by atoms with E-state index in [0.29, 0.717) is 0 Å². The maximum atomic E-state index is 5.61. The molecule has 0 unspecified atom stereocenters. The van der Waals surface area contributed by atoms with Crippen LogP contribution < -0.4 is 10.1 Å². The summed E-state index contributed by atoms with van der Waals surface area (Å²) in [4.78, 5) is 0. The van der Waals surface area contributed by atoms with Crippen molar-refractivity contribution in [1.29, 1.82) is 0 Å². The molecule has 2 nitrogen and oxygen atoms in total. The summed E-state index contributed by atoms with van der Waals surface area (Å²) in [5, 5.41) is 3.12. The predicted molar refractivity (Wildman–Crippen MR) is 67.7 cm³/mol. The van der Waals surface area contributed by atoms with Gasteiger partial charge in [0.25, 0.3) is 0 Å². The van der Waals surface area contributed by atoms with Crippen molar-refractivity contribution >= 4 is 11.8 Å². The van der Waals surface area contributed by atoms with E-state index in [4.69, 9.17) is 4.74 Å². The van der Waals surface area contributed by atoms with Crippen LogP contribution in [0.3, 0.4) is 0 Å². The van der Waals surface area contributed by atoms with E-state index in [-0.39, 0.29) is 0 Å². The molecule has 1 rings (SSSR count). The summed E-state index contributed by atoms with van der Waals surface area (Å²) in [6, 6.07) is 8.26. The summed E-state index contributed by atoms with van der Waals surface area (Å²) in [5.74, 6) is 2.13. The molecule has 0 aromatic heterocycles. The zero-order valence-corrected chi connectivity index (χ0v) is 10.3. The molecular formula is C12H19NOS. The van der Waals surface area contributed by atoms with E-state index in [2.05, 4.69) is 23.7 Å². The topological polar surface area (TPSA) is 21.3 Å². The summed E-state index contributed by atoms with van der Waals surface area (Å²) < 4.78 is 5.61. The summed E-state index contributed by atoms with van der Waals surface area (Å²) in [5.41, 5.74) is 1.29. The van der Waals surface area contributed by atoms with E-state index in [0.717, 1.165) is 31.1 Å². The fourth-order valence-electron chi connectivity index (χ4n) is 1.30. The SMILES string of the molecule is CNCc1ccc(OCCCSC)cc1. The summed E-state index contributed by atoms with van der Waals surface area (Å²) >= 11 is 1.86. The highest BCUT2D eigenvalue weighted by molar-refractivity contribution is 7.98. The molecule has 0 spiro atoms. The first-order valence-corrected chi connectivity index (χ1v) is 6.61. The molecule has 15 heavy (non-hydrogen) atoms. The number of thioether (sulfide) groups is 1. The van der Waals surface area contributed by atoms with Crippen molar-refractivity contribution in [2.24, 2.45) is 0 Å². The van der Waals surface area contributed by atoms with E-state index in [1.165, 1.54) is 5.56 Å². The molecule has 0 amide bonds. The second-order valence-corrected chi connectivity index (χ2v) is 4.35. The van der Waals surface area contributed by atoms with Crippen molar-refractivity contribution in [3.8, 4) is 5.75 Å². The average Bonchev–Trinajstić information content (AvgIpc) is 2.27. The minimum atomic E-state index is 0.812. The Kier molecular flexibility index (Phi) is 6.28. The van der Waals surface area contributed by atoms with Gasteiger partial charge in [-0.1, -0.05) is 12.1 Å². The zero-order chi connectivity index (χ0) is 10.9. The number of benzene rings is 1. The first-order valence-electron chi connectivity index (χ1n) is 5.22. The van der Waals surface area contributed by atoms with Crippen LogP contribution in [0.4, 0.5) is 0 Å². The van der Waals surface area contributed by atoms with Crippen LogP contribution in [0.15, 0.2) is 24.3 Å². The van der Waals surface area contributed by atoms with Crippen LogP contribution in [0.2, 0.25) is 0 Å². The fourth-order valence-corrected chi connectivity index (χ4v) is 1.71. The molecule has 3 heteroatoms. The second-order valence-electron chi connectivity index (χ2n) is 3.37. The normalized spacial score (nSPS) is 10.3. The van der Waals surface area contributed by atoms with Crippen LogP contribution in [-0.2, 0) is 6.54 Å². The number of nitrogens with one attached hydrogen (secondary N) is 1. The third-order valence-corrected chi connectivity index (χ3v) is 2.76. The highest BCUT2D eigenvalue weighted by Crippen LogP contribution is 2.12. The standard InChI is InChI=1S/C12H19NOS/c1-13-10-11-4-6-12(7-5-11)14-8-3-9-15-2/h4-7,13H,3,8-10H2,1-2H3. The Hall–Kier alpha value is -0.670. The zero-order valence-electron chi connectivity index (χ0n) is 9.45. The molecule has 0 atom stereocenters. The fraction of sp³-hybridized carbons (Fsp3) is 0.500. The predicted octanol–water partition coefficient (Wildman–Crippen LogP) is 2.54. The van der Waals surface area contributed by atoms with E-state index in [1.54, 1.807) is 0 Å². The summed E-state index contributed by atoms with van der Waals surface area (Å²) in [7, 11) is 1.95. The number of ether oxygens (including phenoxy) is 1. The lowest BCUT2D eigenvalue weighted by Crippen LogP contribution is -2.04. The third kappa shape index (κ3) is 5.09. The van der Waals surface area contributed by atoms with Gasteiger partial charge in [-0.2, -0.15) is 11.8 Å². The van der Waals surface area contributed by atoms with Crippen LogP contribution in [0.1, 0.15) is 12.0 Å². The number of rotatable bonds is 7. The third-order valence-electron chi connectivity index (χ3n) is 2.07. The Morgan fingerprint density at radius 1 is 1.27 bits per heavy atom. The highest BCUT2D eigenvalue weighted by atomic mass is 32.2. The highest BCUT2D eigenvalue weighted by Gasteiger charge is 1.94. The van der Waals surface area contributed by atoms with Gasteiger partial charge >= 0.3 is 0 Å². The first kappa shape index (κ1) is 12.4. The van der Waals surface area contributed by atoms with Gasteiger partial charge in [0.05, 0.1) is 6.61 Å². The van der Waals surface area contributed by atoms with Gasteiger partial charge < -0.3 is 10.1 Å². The van der Waals surface area contributed by atoms with Crippen molar-refractivity contribution in [3.05, 3.63) is 29.8 Å². The second kappa shape index (κ2) is 7.60. The van der Waals surface area contributed by atoms with Crippen molar-refractivity contribution in [2.45, 2.75) is 13.0 Å². The smallest absolute Gasteiger partial charge is 0.119 e. The van der Waals surface area contributed by atoms with E-state index >= 15 is 0 Å². The molecule has 1 N–H and O–H groups in total. The van der Waals surface area contributed by atoms with Gasteiger partial charge in [-0.25, -0.2) is 0 Å². The molecule has 0 bridgehead atoms. The quantitative estimate of drug-likeness (QED) is 0.721. The lowest BCUT2D eigenvalue weighted by atomic mass is 10.2. The Bertz CT molecular complexity index is 261. The molecule has 0 saturated carbocycles. The van der Waals surface area contributed by atoms with Gasteiger partial charge in [0, 0.05) is 6.54 Å². The molecule has 0 fully saturated rings. The molecule has 0 aliphatic carbocycles. The van der Waals surface area contributed by atoms with Gasteiger partial charge in [-0.3, -0.25) is 0 Å². The van der Waals surface area contributed by atoms with Gasteiger partial charge in [0.15, 0.2) is 0 Å². The number of hydrogen-bond acceptors (Lipinski definition) is 3. The largest absolute Gasteiger partial charge is 0.494 e. The molecule has 1 aromatic carbocycles. The molecule has 0 heterocycles. The Morgan fingerprint density at radius 3 is 2.60 bits per heavy atom. The summed E-state index contributed by atoms with van der Waals surface area (Å²) in [6.45, 7) is 1.72. The van der Waals surface area contributed by atoms with Crippen LogP contribution >= 0.6 is 11.8 Å². The molecule has 0 aliphatic rings. The van der Waals surface area contributed by atoms with Gasteiger partial charge in [-0.05, 0) is 43.2 Å². The van der Waals surface area contributed by atoms with Crippen molar-refractivity contribution in [2.75, 3.05) is 25.7 Å². The lowest BCUT2D eigenvalue weighted by molar-refractivity contribution is 0.318. The van der Waals surface area contributed by atoms with Gasteiger partial charge in [0.2, 0.25) is 0 Å². The van der Waals surface area contributed by atoms with Crippen LogP contribution in [0.25, 0.3) is 0 Å². The molecule has 0 saturated heterocycles. The van der Waals surface area contributed by atoms with E-state index in [9.17, 15) is 0 Å². The maximum absolute atomic E-state index is 5.61. The van der Waals surface area contributed by atoms with Crippen molar-refractivity contribution in [3.63, 3.8) is 0 Å². The van der Waals surface area contributed by atoms with Crippen molar-refractivity contribution in [1.82, 2.24) is 5.32 Å². The average molecular weight is 225 g/mol. The Balaban J connectivity index is 2.29. The molecule has 0 aliphatic heterocycles. The van der Waals surface area contributed by atoms with E-state index in [1.807, 2.05) is 30.9 Å². The minimum absolute atomic E-state index is 0.812. The lowest BCUT2D eigenvalue weighted by Gasteiger charge is -2.06. The molecular weight excluding hydrogens is 206 g/mol. The Labute approximate surface area is 96.4 Å². The minimum Gasteiger partial charge on any atom is -0.494 e. The van der Waals surface area contributed by atoms with Gasteiger partial charge in [0.1, 0.15) is 5.75 Å². The Morgan fingerprint density at radius 2 is 2.00 bits per heavy atom. The first-order chi connectivity index (χ1) is 7.36. The van der Waals surface area contributed by atoms with Crippen LogP contribution in [0, 0.1) is 0 Å². The summed E-state index contributed by atoms with van der Waals surface area (Å²) in [6.07, 6.45) is 3.23.